The van der Waals surface area contributed by atoms with Gasteiger partial charge in [0.25, 0.3) is 0 Å². The predicted molar refractivity (Wildman–Crippen MR) is 186 cm³/mol. The number of unbranched alkanes of at least 4 members (excludes halogenated alkanes) is 14. The molecule has 0 aromatic rings. The van der Waals surface area contributed by atoms with Gasteiger partial charge in [0.2, 0.25) is 0 Å². The number of hydrogen-bond donors (Lipinski definition) is 1. The molecule has 0 aliphatic heterocycles. The highest BCUT2D eigenvalue weighted by Crippen LogP contribution is 2.11. The largest absolute Gasteiger partial charge is 0.457 e. The van der Waals surface area contributed by atoms with Crippen LogP contribution in [0.1, 0.15) is 155 Å². The first-order valence-corrected chi connectivity index (χ1v) is 17.9. The molecule has 0 amide bonds. The molecule has 0 aromatic heterocycles. The van der Waals surface area contributed by atoms with Crippen LogP contribution in [-0.2, 0) is 14.3 Å². The summed E-state index contributed by atoms with van der Waals surface area (Å²) in [5.41, 5.74) is 0. The van der Waals surface area contributed by atoms with E-state index in [9.17, 15) is 9.90 Å². The van der Waals surface area contributed by atoms with Gasteiger partial charge in [-0.1, -0.05) is 132 Å². The maximum atomic E-state index is 12.1. The van der Waals surface area contributed by atoms with Crippen molar-refractivity contribution in [3.63, 3.8) is 0 Å². The second kappa shape index (κ2) is 36.3. The van der Waals surface area contributed by atoms with Crippen molar-refractivity contribution in [2.24, 2.45) is 0 Å². The van der Waals surface area contributed by atoms with Crippen LogP contribution in [0, 0.1) is 0 Å². The van der Waals surface area contributed by atoms with E-state index >= 15 is 0 Å². The van der Waals surface area contributed by atoms with E-state index in [1.54, 1.807) is 0 Å². The minimum absolute atomic E-state index is 0.189. The fourth-order valence-electron chi connectivity index (χ4n) is 4.66. The summed E-state index contributed by atoms with van der Waals surface area (Å²) in [5, 5.41) is 9.54. The molecule has 0 saturated carbocycles. The standard InChI is InChI=1S/C39H68O4/c1-3-5-7-9-11-13-15-17-18-19-20-21-23-25-27-29-31-33-35-42-37-38(36-40)43-39(41)34-32-30-28-26-24-22-16-14-12-10-8-6-4-2/h6,8,11-14,17-18,22,24,38,40H,3-5,7,9-10,15-16,19-21,23,25-37H2,1-2H3/b8-6-,13-11-,14-12-,18-17-,24-22-. The topological polar surface area (TPSA) is 55.8 Å². The van der Waals surface area contributed by atoms with Crippen molar-refractivity contribution < 1.29 is 19.4 Å². The van der Waals surface area contributed by atoms with Crippen molar-refractivity contribution >= 4 is 5.97 Å². The van der Waals surface area contributed by atoms with Gasteiger partial charge in [-0.3, -0.25) is 4.79 Å². The Kier molecular flexibility index (Phi) is 34.7. The first-order chi connectivity index (χ1) is 21.2. The summed E-state index contributed by atoms with van der Waals surface area (Å²) in [5.74, 6) is -0.234. The number of esters is 1. The van der Waals surface area contributed by atoms with E-state index in [0.29, 0.717) is 13.0 Å². The van der Waals surface area contributed by atoms with Crippen molar-refractivity contribution in [1.29, 1.82) is 0 Å². The maximum absolute atomic E-state index is 12.1. The summed E-state index contributed by atoms with van der Waals surface area (Å²) >= 11 is 0. The lowest BCUT2D eigenvalue weighted by atomic mass is 10.1. The summed E-state index contributed by atoms with van der Waals surface area (Å²) in [6.45, 7) is 5.15. The van der Waals surface area contributed by atoms with Crippen LogP contribution in [0.3, 0.4) is 0 Å². The van der Waals surface area contributed by atoms with E-state index in [1.807, 2.05) is 0 Å². The maximum Gasteiger partial charge on any atom is 0.306 e. The third kappa shape index (κ3) is 34.4. The Morgan fingerprint density at radius 1 is 0.581 bits per heavy atom. The average Bonchev–Trinajstić information content (AvgIpc) is 3.01. The zero-order valence-electron chi connectivity index (χ0n) is 28.2. The van der Waals surface area contributed by atoms with E-state index in [2.05, 4.69) is 74.6 Å². The lowest BCUT2D eigenvalue weighted by Crippen LogP contribution is -2.27. The number of allylic oxidation sites excluding steroid dienone is 10. The Hall–Kier alpha value is -1.91. The first kappa shape index (κ1) is 41.1. The van der Waals surface area contributed by atoms with Gasteiger partial charge in [-0.15, -0.1) is 0 Å². The van der Waals surface area contributed by atoms with Gasteiger partial charge < -0.3 is 14.6 Å². The van der Waals surface area contributed by atoms with Crippen molar-refractivity contribution in [3.05, 3.63) is 60.8 Å². The van der Waals surface area contributed by atoms with Crippen LogP contribution in [0.4, 0.5) is 0 Å². The molecule has 0 fully saturated rings. The van der Waals surface area contributed by atoms with Crippen LogP contribution in [0.15, 0.2) is 60.8 Å². The molecule has 0 aliphatic carbocycles. The molecule has 0 aliphatic rings. The van der Waals surface area contributed by atoms with Gasteiger partial charge in [-0.2, -0.15) is 0 Å². The average molecular weight is 601 g/mol. The molecule has 4 heteroatoms. The number of carbonyl (C=O) groups is 1. The molecule has 4 nitrogen and oxygen atoms in total. The number of rotatable bonds is 32. The normalized spacial score (nSPS) is 13.1. The highest BCUT2D eigenvalue weighted by molar-refractivity contribution is 5.69. The van der Waals surface area contributed by atoms with Gasteiger partial charge >= 0.3 is 5.97 Å². The zero-order chi connectivity index (χ0) is 31.3. The first-order valence-electron chi connectivity index (χ1n) is 17.9. The van der Waals surface area contributed by atoms with Crippen LogP contribution in [0.2, 0.25) is 0 Å². The molecule has 248 valence electrons. The molecule has 1 N–H and O–H groups in total. The van der Waals surface area contributed by atoms with Gasteiger partial charge in [0.05, 0.1) is 13.2 Å². The molecule has 43 heavy (non-hydrogen) atoms. The quantitative estimate of drug-likeness (QED) is 0.0474. The third-order valence-corrected chi connectivity index (χ3v) is 7.33. The van der Waals surface area contributed by atoms with Crippen molar-refractivity contribution in [2.45, 2.75) is 161 Å². The van der Waals surface area contributed by atoms with Crippen LogP contribution in [0.25, 0.3) is 0 Å². The van der Waals surface area contributed by atoms with E-state index < -0.39 is 6.10 Å². The molecule has 1 atom stereocenters. The number of ether oxygens (including phenoxy) is 2. The number of aliphatic hydroxyl groups is 1. The smallest absolute Gasteiger partial charge is 0.306 e. The molecular weight excluding hydrogens is 532 g/mol. The summed E-state index contributed by atoms with van der Waals surface area (Å²) in [6.07, 6.45) is 46.9. The van der Waals surface area contributed by atoms with Gasteiger partial charge in [-0.05, 0) is 77.0 Å². The van der Waals surface area contributed by atoms with Gasteiger partial charge in [0.15, 0.2) is 0 Å². The summed E-state index contributed by atoms with van der Waals surface area (Å²) in [7, 11) is 0. The molecule has 0 bridgehead atoms. The molecule has 1 unspecified atom stereocenters. The zero-order valence-corrected chi connectivity index (χ0v) is 28.2. The lowest BCUT2D eigenvalue weighted by Gasteiger charge is -2.15. The highest BCUT2D eigenvalue weighted by Gasteiger charge is 2.13. The fourth-order valence-corrected chi connectivity index (χ4v) is 4.66. The second-order valence-corrected chi connectivity index (χ2v) is 11.6. The number of aliphatic hydroxyl groups excluding tert-OH is 1. The van der Waals surface area contributed by atoms with Crippen LogP contribution in [-0.4, -0.2) is 37.0 Å². The van der Waals surface area contributed by atoms with E-state index in [1.165, 1.54) is 77.0 Å². The Morgan fingerprint density at radius 2 is 1.05 bits per heavy atom. The fraction of sp³-hybridized carbons (Fsp3) is 0.718. The molecule has 0 rings (SSSR count). The van der Waals surface area contributed by atoms with Crippen LogP contribution < -0.4 is 0 Å². The van der Waals surface area contributed by atoms with Gasteiger partial charge in [0, 0.05) is 13.0 Å². The van der Waals surface area contributed by atoms with E-state index in [-0.39, 0.29) is 19.2 Å². The molecule has 0 heterocycles. The summed E-state index contributed by atoms with van der Waals surface area (Å²) in [6, 6.07) is 0. The minimum Gasteiger partial charge on any atom is -0.457 e. The number of hydrogen-bond acceptors (Lipinski definition) is 4. The van der Waals surface area contributed by atoms with Gasteiger partial charge in [-0.25, -0.2) is 0 Å². The van der Waals surface area contributed by atoms with Crippen molar-refractivity contribution in [2.75, 3.05) is 19.8 Å². The van der Waals surface area contributed by atoms with Crippen LogP contribution >= 0.6 is 0 Å². The van der Waals surface area contributed by atoms with Crippen LogP contribution in [0.5, 0.6) is 0 Å². The monoisotopic (exact) mass is 601 g/mol. The summed E-state index contributed by atoms with van der Waals surface area (Å²) < 4.78 is 11.1. The molecule has 0 aromatic carbocycles. The Morgan fingerprint density at radius 3 is 1.58 bits per heavy atom. The van der Waals surface area contributed by atoms with E-state index in [4.69, 9.17) is 9.47 Å². The third-order valence-electron chi connectivity index (χ3n) is 7.33. The highest BCUT2D eigenvalue weighted by atomic mass is 16.6. The molecular formula is C39H68O4. The summed E-state index contributed by atoms with van der Waals surface area (Å²) in [4.78, 5) is 12.1. The molecule has 0 saturated heterocycles. The molecule has 0 radical (unpaired) electrons. The van der Waals surface area contributed by atoms with Crippen molar-refractivity contribution in [3.8, 4) is 0 Å². The predicted octanol–water partition coefficient (Wildman–Crippen LogP) is 11.3. The minimum atomic E-state index is -0.553. The SMILES string of the molecule is CC/C=C\C/C=C\C/C=C\CCCCCC(=O)OC(CO)COCCCCCCCCCC/C=C\C/C=C\CCCCC. The lowest BCUT2D eigenvalue weighted by molar-refractivity contribution is -0.154. The molecule has 0 spiro atoms. The van der Waals surface area contributed by atoms with Crippen molar-refractivity contribution in [1.82, 2.24) is 0 Å². The second-order valence-electron chi connectivity index (χ2n) is 11.6. The van der Waals surface area contributed by atoms with E-state index in [0.717, 1.165) is 57.8 Å². The Bertz CT molecular complexity index is 719. The number of carbonyl (C=O) groups excluding carboxylic acids is 1. The Balaban J connectivity index is 3.51. The van der Waals surface area contributed by atoms with Gasteiger partial charge in [0.1, 0.15) is 6.10 Å². The Labute approximate surface area is 266 Å².